The predicted molar refractivity (Wildman–Crippen MR) is 46.1 cm³/mol. The highest BCUT2D eigenvalue weighted by Gasteiger charge is 2.93. The van der Waals surface area contributed by atoms with Crippen molar-refractivity contribution in [2.75, 3.05) is 0 Å². The molecule has 0 atom stereocenters. The number of hydrogen-bond donors (Lipinski definition) is 0. The van der Waals surface area contributed by atoms with E-state index in [4.69, 9.17) is 0 Å². The van der Waals surface area contributed by atoms with Gasteiger partial charge < -0.3 is 0 Å². The topological polar surface area (TPSA) is 0 Å². The second kappa shape index (κ2) is 6.25. The summed E-state index contributed by atoms with van der Waals surface area (Å²) in [5, 5.41) is 0. The van der Waals surface area contributed by atoms with Crippen LogP contribution in [-0.2, 0) is 0 Å². The van der Waals surface area contributed by atoms with Gasteiger partial charge in [-0.1, -0.05) is 0 Å². The van der Waals surface area contributed by atoms with E-state index in [0.717, 1.165) is 0 Å². The molecule has 0 aromatic heterocycles. The zero-order valence-electron chi connectivity index (χ0n) is 11.3. The lowest BCUT2D eigenvalue weighted by Crippen LogP contribution is -2.72. The van der Waals surface area contributed by atoms with E-state index < -0.39 is 53.6 Å². The molecule has 0 aromatic rings. The number of allylic oxidation sites excluding steroid dienone is 1. The van der Waals surface area contributed by atoms with Crippen LogP contribution in [0.3, 0.4) is 0 Å². The van der Waals surface area contributed by atoms with E-state index in [0.29, 0.717) is 0 Å². The fourth-order valence-corrected chi connectivity index (χ4v) is 1.22. The second-order valence-electron chi connectivity index (χ2n) is 4.52. The van der Waals surface area contributed by atoms with Gasteiger partial charge in [-0.3, -0.25) is 0 Å². The summed E-state index contributed by atoms with van der Waals surface area (Å²) in [7, 11) is 0. The van der Waals surface area contributed by atoms with Crippen LogP contribution < -0.4 is 0 Å². The Morgan fingerprint density at radius 2 is 0.630 bits per heavy atom. The van der Waals surface area contributed by atoms with Crippen molar-refractivity contribution in [2.24, 2.45) is 0 Å². The molecule has 0 fully saturated rings. The van der Waals surface area contributed by atoms with Crippen LogP contribution >= 0.6 is 0 Å². The lowest BCUT2D eigenvalue weighted by molar-refractivity contribution is -0.451. The highest BCUT2D eigenvalue weighted by Crippen LogP contribution is 2.63. The molecule has 0 amide bonds. The van der Waals surface area contributed by atoms with Crippen LogP contribution in [-0.4, -0.2) is 41.7 Å². The molecule has 0 radical (unpaired) electrons. The second-order valence-corrected chi connectivity index (χ2v) is 4.52. The van der Waals surface area contributed by atoms with Crippen molar-refractivity contribution in [3.8, 4) is 0 Å². The van der Waals surface area contributed by atoms with E-state index in [-0.39, 0.29) is 0 Å². The first-order chi connectivity index (χ1) is 11.4. The third-order valence-corrected chi connectivity index (χ3v) is 2.77. The fraction of sp³-hybridized carbons (Fsp3) is 0.778. The Labute approximate surface area is 134 Å². The fourth-order valence-electron chi connectivity index (χ4n) is 1.22. The van der Waals surface area contributed by atoms with Gasteiger partial charge in [-0.2, -0.15) is 79.0 Å². The molecular weight excluding hydrogens is 450 g/mol. The molecular formula is C9F18. The predicted octanol–water partition coefficient (Wildman–Crippen LogP) is 6.44. The summed E-state index contributed by atoms with van der Waals surface area (Å²) >= 11 is 0. The minimum atomic E-state index is -8.65. The zero-order valence-corrected chi connectivity index (χ0v) is 11.3. The molecule has 27 heavy (non-hydrogen) atoms. The summed E-state index contributed by atoms with van der Waals surface area (Å²) < 4.78 is 223. The lowest BCUT2D eigenvalue weighted by Gasteiger charge is -2.41. The largest absolute Gasteiger partial charge is 0.460 e. The molecule has 0 aliphatic rings. The number of hydrogen-bond acceptors (Lipinski definition) is 0. The normalized spacial score (nSPS) is 15.8. The Morgan fingerprint density at radius 3 is 0.889 bits per heavy atom. The molecule has 0 saturated heterocycles. The quantitative estimate of drug-likeness (QED) is 0.409. The van der Waals surface area contributed by atoms with Gasteiger partial charge in [0.1, 0.15) is 0 Å². The third-order valence-electron chi connectivity index (χ3n) is 2.77. The SMILES string of the molecule is FC(F)=C(F)C(F)(F)C(F)(F)C(F)(F)C(F)(F)C(F)(F)C(F)(F)C(F)(F)F. The third kappa shape index (κ3) is 3.17. The van der Waals surface area contributed by atoms with Crippen LogP contribution in [0.2, 0.25) is 0 Å². The molecule has 0 aliphatic carbocycles. The van der Waals surface area contributed by atoms with Crippen LogP contribution in [0.1, 0.15) is 0 Å². The van der Waals surface area contributed by atoms with Crippen molar-refractivity contribution in [1.82, 2.24) is 0 Å². The minimum Gasteiger partial charge on any atom is -0.199 e. The average Bonchev–Trinajstić information content (AvgIpc) is 2.43. The summed E-state index contributed by atoms with van der Waals surface area (Å²) in [5.41, 5.74) is 0. The molecule has 0 aliphatic heterocycles. The first kappa shape index (κ1) is 25.5. The van der Waals surface area contributed by atoms with Crippen LogP contribution in [0.5, 0.6) is 0 Å². The summed E-state index contributed by atoms with van der Waals surface area (Å²) in [5.74, 6) is -54.9. The summed E-state index contributed by atoms with van der Waals surface area (Å²) in [4.78, 5) is 0. The van der Waals surface area contributed by atoms with Crippen LogP contribution in [0.25, 0.3) is 0 Å². The van der Waals surface area contributed by atoms with Gasteiger partial charge in [0.15, 0.2) is 0 Å². The molecule has 0 saturated carbocycles. The zero-order chi connectivity index (χ0) is 22.7. The Bertz CT molecular complexity index is 586. The van der Waals surface area contributed by atoms with Gasteiger partial charge in [-0.05, 0) is 0 Å². The van der Waals surface area contributed by atoms with E-state index in [1.807, 2.05) is 0 Å². The van der Waals surface area contributed by atoms with Gasteiger partial charge in [-0.15, -0.1) is 0 Å². The highest BCUT2D eigenvalue weighted by atomic mass is 19.4. The Balaban J connectivity index is 6.70. The maximum atomic E-state index is 12.9. The van der Waals surface area contributed by atoms with Crippen LogP contribution in [0, 0.1) is 0 Å². The van der Waals surface area contributed by atoms with Gasteiger partial charge in [0, 0.05) is 0 Å². The highest BCUT2D eigenvalue weighted by molar-refractivity contribution is 5.19. The first-order valence-electron chi connectivity index (χ1n) is 5.40. The van der Waals surface area contributed by atoms with Crippen LogP contribution in [0.4, 0.5) is 79.0 Å². The van der Waals surface area contributed by atoms with E-state index in [1.165, 1.54) is 0 Å². The van der Waals surface area contributed by atoms with Gasteiger partial charge >= 0.3 is 47.8 Å². The van der Waals surface area contributed by atoms with Gasteiger partial charge in [0.2, 0.25) is 5.83 Å². The maximum absolute atomic E-state index is 12.9. The number of halogens is 18. The van der Waals surface area contributed by atoms with E-state index >= 15 is 0 Å². The monoisotopic (exact) mass is 450 g/mol. The van der Waals surface area contributed by atoms with Crippen molar-refractivity contribution < 1.29 is 79.0 Å². The summed E-state index contributed by atoms with van der Waals surface area (Å²) in [6.07, 6.45) is -12.3. The van der Waals surface area contributed by atoms with E-state index in [2.05, 4.69) is 0 Å². The molecule has 0 spiro atoms. The molecule has 0 nitrogen and oxygen atoms in total. The van der Waals surface area contributed by atoms with Gasteiger partial charge in [0.25, 0.3) is 0 Å². The molecule has 0 rings (SSSR count). The smallest absolute Gasteiger partial charge is 0.199 e. The molecule has 0 unspecified atom stereocenters. The van der Waals surface area contributed by atoms with Gasteiger partial charge in [0.05, 0.1) is 0 Å². The molecule has 162 valence electrons. The van der Waals surface area contributed by atoms with Crippen molar-refractivity contribution in [1.29, 1.82) is 0 Å². The minimum absolute atomic E-state index is 4.54. The molecule has 0 heterocycles. The van der Waals surface area contributed by atoms with Crippen molar-refractivity contribution in [2.45, 2.75) is 41.7 Å². The van der Waals surface area contributed by atoms with Gasteiger partial charge in [-0.25, -0.2) is 0 Å². The van der Waals surface area contributed by atoms with Crippen molar-refractivity contribution in [3.05, 3.63) is 11.9 Å². The molecule has 0 bridgehead atoms. The number of alkyl halides is 15. The molecule has 18 heteroatoms. The van der Waals surface area contributed by atoms with E-state index in [9.17, 15) is 79.0 Å². The first-order valence-corrected chi connectivity index (χ1v) is 5.40. The standard InChI is InChI=1S/C9F18/c10-1(2(11)12)3(13,14)4(15,16)5(17,18)6(19,20)7(21,22)8(23,24)9(25,26)27. The summed E-state index contributed by atoms with van der Waals surface area (Å²) in [6, 6.07) is 0. The Hall–Kier alpha value is -1.52. The van der Waals surface area contributed by atoms with E-state index in [1.54, 1.807) is 0 Å². The number of rotatable bonds is 6. The van der Waals surface area contributed by atoms with Crippen molar-refractivity contribution >= 4 is 0 Å². The molecule has 0 aromatic carbocycles. The lowest BCUT2D eigenvalue weighted by atomic mass is 9.91. The van der Waals surface area contributed by atoms with Crippen LogP contribution in [0.15, 0.2) is 11.9 Å². The summed E-state index contributed by atoms with van der Waals surface area (Å²) in [6.45, 7) is 0. The maximum Gasteiger partial charge on any atom is 0.460 e. The van der Waals surface area contributed by atoms with Crippen molar-refractivity contribution in [3.63, 3.8) is 0 Å². The Morgan fingerprint density at radius 1 is 0.370 bits per heavy atom. The Kier molecular flexibility index (Phi) is 5.90. The molecule has 0 N–H and O–H groups in total. The average molecular weight is 450 g/mol.